The lowest BCUT2D eigenvalue weighted by atomic mass is 10.1. The number of halogens is 1. The van der Waals surface area contributed by atoms with Crippen molar-refractivity contribution in [3.8, 4) is 5.75 Å². The number of guanidine groups is 1. The number of nitrogens with zero attached hydrogens (tertiary/aromatic N) is 1. The molecule has 1 unspecified atom stereocenters. The highest BCUT2D eigenvalue weighted by atomic mass is 127. The molecular weight excluding hydrogens is 469 g/mol. The molecule has 2 N–H and O–H groups in total. The average molecular weight is 505 g/mol. The summed E-state index contributed by atoms with van der Waals surface area (Å²) in [5.41, 5.74) is 2.27. The third-order valence-corrected chi connectivity index (χ3v) is 4.20. The van der Waals surface area contributed by atoms with E-state index < -0.39 is 0 Å². The zero-order chi connectivity index (χ0) is 19.5. The van der Waals surface area contributed by atoms with E-state index in [-0.39, 0.29) is 36.2 Å². The van der Waals surface area contributed by atoms with Gasteiger partial charge in [0.25, 0.3) is 0 Å². The second-order valence-electron chi connectivity index (χ2n) is 7.11. The van der Waals surface area contributed by atoms with Gasteiger partial charge in [-0.1, -0.05) is 12.1 Å². The Balaban J connectivity index is 0.00000392. The third-order valence-electron chi connectivity index (χ3n) is 4.20. The maximum Gasteiger partial charge on any atom is 0.191 e. The summed E-state index contributed by atoms with van der Waals surface area (Å²) in [5.74, 6) is 1.69. The number of hydrogen-bond acceptors (Lipinski definition) is 4. The van der Waals surface area contributed by atoms with E-state index in [2.05, 4.69) is 42.7 Å². The summed E-state index contributed by atoms with van der Waals surface area (Å²) in [5, 5.41) is 6.59. The van der Waals surface area contributed by atoms with E-state index in [4.69, 9.17) is 19.2 Å². The molecule has 28 heavy (non-hydrogen) atoms. The number of hydrogen-bond donors (Lipinski definition) is 2. The van der Waals surface area contributed by atoms with Gasteiger partial charge in [-0.2, -0.15) is 0 Å². The number of aliphatic imine (C=N–C) groups is 1. The van der Waals surface area contributed by atoms with Gasteiger partial charge in [-0.3, -0.25) is 0 Å². The van der Waals surface area contributed by atoms with E-state index in [1.807, 2.05) is 13.8 Å². The van der Waals surface area contributed by atoms with Crippen LogP contribution in [0.2, 0.25) is 0 Å². The number of aryl methyl sites for hydroxylation is 1. The second kappa shape index (κ2) is 14.0. The summed E-state index contributed by atoms with van der Waals surface area (Å²) in [4.78, 5) is 4.69. The van der Waals surface area contributed by atoms with Gasteiger partial charge < -0.3 is 24.8 Å². The molecule has 6 nitrogen and oxygen atoms in total. The summed E-state index contributed by atoms with van der Waals surface area (Å²) < 4.78 is 17.2. The van der Waals surface area contributed by atoms with Crippen LogP contribution >= 0.6 is 24.0 Å². The highest BCUT2D eigenvalue weighted by Crippen LogP contribution is 2.22. The van der Waals surface area contributed by atoms with Crippen LogP contribution in [0.5, 0.6) is 5.75 Å². The van der Waals surface area contributed by atoms with Gasteiger partial charge in [0.2, 0.25) is 0 Å². The SMILES string of the molecule is CCNC(=NCc1ccc(C)cc1OC(C)C)NCCOCC1CCCO1.I. The Morgan fingerprint density at radius 3 is 2.82 bits per heavy atom. The van der Waals surface area contributed by atoms with Crippen molar-refractivity contribution in [2.24, 2.45) is 4.99 Å². The second-order valence-corrected chi connectivity index (χ2v) is 7.11. The largest absolute Gasteiger partial charge is 0.491 e. The van der Waals surface area contributed by atoms with Crippen molar-refractivity contribution in [2.75, 3.05) is 32.9 Å². The first-order valence-electron chi connectivity index (χ1n) is 10.1. The first-order chi connectivity index (χ1) is 13.1. The van der Waals surface area contributed by atoms with Crippen LogP contribution in [0.3, 0.4) is 0 Å². The maximum absolute atomic E-state index is 5.94. The van der Waals surface area contributed by atoms with Gasteiger partial charge in [0, 0.05) is 25.3 Å². The van der Waals surface area contributed by atoms with Gasteiger partial charge in [-0.05, 0) is 52.2 Å². The maximum atomic E-state index is 5.94. The van der Waals surface area contributed by atoms with Crippen molar-refractivity contribution < 1.29 is 14.2 Å². The Morgan fingerprint density at radius 1 is 1.32 bits per heavy atom. The van der Waals surface area contributed by atoms with Crippen LogP contribution in [0.4, 0.5) is 0 Å². The number of benzene rings is 1. The zero-order valence-electron chi connectivity index (χ0n) is 17.6. The fourth-order valence-corrected chi connectivity index (χ4v) is 2.89. The van der Waals surface area contributed by atoms with Gasteiger partial charge >= 0.3 is 0 Å². The smallest absolute Gasteiger partial charge is 0.191 e. The minimum absolute atomic E-state index is 0. The summed E-state index contributed by atoms with van der Waals surface area (Å²) >= 11 is 0. The molecule has 0 radical (unpaired) electrons. The van der Waals surface area contributed by atoms with Crippen molar-refractivity contribution in [3.63, 3.8) is 0 Å². The summed E-state index contributed by atoms with van der Waals surface area (Å²) in [7, 11) is 0. The molecule has 1 saturated heterocycles. The van der Waals surface area contributed by atoms with E-state index in [9.17, 15) is 0 Å². The lowest BCUT2D eigenvalue weighted by molar-refractivity contribution is 0.0191. The lowest BCUT2D eigenvalue weighted by Gasteiger charge is -2.15. The van der Waals surface area contributed by atoms with Crippen molar-refractivity contribution in [2.45, 2.75) is 59.3 Å². The van der Waals surface area contributed by atoms with E-state index in [0.717, 1.165) is 43.3 Å². The molecule has 0 amide bonds. The van der Waals surface area contributed by atoms with Gasteiger partial charge in [0.15, 0.2) is 5.96 Å². The average Bonchev–Trinajstić information content (AvgIpc) is 3.13. The Labute approximate surface area is 186 Å². The van der Waals surface area contributed by atoms with Gasteiger partial charge in [0.1, 0.15) is 5.75 Å². The zero-order valence-corrected chi connectivity index (χ0v) is 20.0. The van der Waals surface area contributed by atoms with Gasteiger partial charge in [-0.25, -0.2) is 4.99 Å². The first-order valence-corrected chi connectivity index (χ1v) is 10.1. The molecule has 0 aromatic heterocycles. The number of ether oxygens (including phenoxy) is 3. The molecule has 0 aliphatic carbocycles. The molecule has 0 spiro atoms. The Morgan fingerprint density at radius 2 is 2.14 bits per heavy atom. The molecule has 1 fully saturated rings. The van der Waals surface area contributed by atoms with Crippen molar-refractivity contribution in [3.05, 3.63) is 29.3 Å². The molecule has 1 heterocycles. The molecule has 1 atom stereocenters. The minimum atomic E-state index is 0. The number of nitrogens with one attached hydrogen (secondary N) is 2. The highest BCUT2D eigenvalue weighted by Gasteiger charge is 2.15. The number of rotatable bonds is 10. The Bertz CT molecular complexity index is 590. The topological polar surface area (TPSA) is 64.1 Å². The predicted octanol–water partition coefficient (Wildman–Crippen LogP) is 3.65. The molecule has 7 heteroatoms. The molecule has 1 aromatic rings. The van der Waals surface area contributed by atoms with Crippen LogP contribution in [0.15, 0.2) is 23.2 Å². The lowest BCUT2D eigenvalue weighted by Crippen LogP contribution is -2.39. The monoisotopic (exact) mass is 505 g/mol. The molecule has 0 bridgehead atoms. The normalized spacial score (nSPS) is 16.8. The van der Waals surface area contributed by atoms with Crippen LogP contribution in [0.25, 0.3) is 0 Å². The van der Waals surface area contributed by atoms with Crippen LogP contribution in [0, 0.1) is 6.92 Å². The highest BCUT2D eigenvalue weighted by molar-refractivity contribution is 14.0. The van der Waals surface area contributed by atoms with E-state index in [1.54, 1.807) is 0 Å². The summed E-state index contributed by atoms with van der Waals surface area (Å²) in [6.07, 6.45) is 2.66. The third kappa shape index (κ3) is 9.43. The van der Waals surface area contributed by atoms with E-state index in [1.165, 1.54) is 5.56 Å². The molecule has 1 aliphatic heterocycles. The Hall–Kier alpha value is -1.06. The van der Waals surface area contributed by atoms with E-state index in [0.29, 0.717) is 26.3 Å². The fraction of sp³-hybridized carbons (Fsp3) is 0.667. The minimum Gasteiger partial charge on any atom is -0.491 e. The Kier molecular flexibility index (Phi) is 12.5. The van der Waals surface area contributed by atoms with Crippen molar-refractivity contribution in [1.82, 2.24) is 10.6 Å². The van der Waals surface area contributed by atoms with Crippen LogP contribution in [-0.4, -0.2) is 51.1 Å². The molecule has 0 saturated carbocycles. The quantitative estimate of drug-likeness (QED) is 0.220. The molecule has 160 valence electrons. The van der Waals surface area contributed by atoms with Gasteiger partial charge in [-0.15, -0.1) is 24.0 Å². The predicted molar refractivity (Wildman–Crippen MR) is 125 cm³/mol. The van der Waals surface area contributed by atoms with E-state index >= 15 is 0 Å². The molecule has 1 aromatic carbocycles. The molecule has 1 aliphatic rings. The van der Waals surface area contributed by atoms with Crippen molar-refractivity contribution in [1.29, 1.82) is 0 Å². The fourth-order valence-electron chi connectivity index (χ4n) is 2.89. The van der Waals surface area contributed by atoms with Crippen molar-refractivity contribution >= 4 is 29.9 Å². The summed E-state index contributed by atoms with van der Waals surface area (Å²) in [6.45, 7) is 12.5. The first kappa shape index (κ1) is 25.0. The van der Waals surface area contributed by atoms with Crippen LogP contribution in [0.1, 0.15) is 44.7 Å². The molecule has 2 rings (SSSR count). The summed E-state index contributed by atoms with van der Waals surface area (Å²) in [6, 6.07) is 6.26. The molecular formula is C21H36IN3O3. The standard InChI is InChI=1S/C21H35N3O3.HI/c1-5-22-21(23-10-12-25-15-19-7-6-11-26-19)24-14-18-9-8-17(4)13-20(18)27-16(2)3;/h8-9,13,16,19H,5-7,10-12,14-15H2,1-4H3,(H2,22,23,24);1H. The van der Waals surface area contributed by atoms with Crippen LogP contribution in [-0.2, 0) is 16.0 Å². The van der Waals surface area contributed by atoms with Gasteiger partial charge in [0.05, 0.1) is 32.0 Å². The van der Waals surface area contributed by atoms with Crippen LogP contribution < -0.4 is 15.4 Å².